The van der Waals surface area contributed by atoms with Gasteiger partial charge in [0.2, 0.25) is 11.8 Å². The number of amides is 7. The zero-order valence-corrected chi connectivity index (χ0v) is 51.9. The lowest BCUT2D eigenvalue weighted by Gasteiger charge is -2.38. The van der Waals surface area contributed by atoms with Crippen LogP contribution in [0.1, 0.15) is 134 Å². The minimum absolute atomic E-state index is 0.00268. The van der Waals surface area contributed by atoms with Crippen molar-refractivity contribution in [2.45, 2.75) is 137 Å². The smallest absolute Gasteiger partial charge is 0.373 e. The molecule has 2 aromatic rings. The predicted octanol–water partition coefficient (Wildman–Crippen LogP) is 5.50. The number of ether oxygens (including phenoxy) is 6. The zero-order chi connectivity index (χ0) is 63.2. The first-order valence-electron chi connectivity index (χ1n) is 28.8. The van der Waals surface area contributed by atoms with Gasteiger partial charge in [-0.1, -0.05) is 53.5 Å². The fourth-order valence-corrected chi connectivity index (χ4v) is 9.94. The number of carbonyl (C=O) groups is 9. The molecule has 2 aliphatic heterocycles. The van der Waals surface area contributed by atoms with Gasteiger partial charge in [0.25, 0.3) is 29.5 Å². The third-order valence-electron chi connectivity index (χ3n) is 14.7. The quantitative estimate of drug-likeness (QED) is 0.0361. The van der Waals surface area contributed by atoms with Crippen molar-refractivity contribution < 1.29 is 81.2 Å². The maximum atomic E-state index is 14.4. The molecule has 0 radical (unpaired) electrons. The lowest BCUT2D eigenvalue weighted by Crippen LogP contribution is -2.46. The van der Waals surface area contributed by atoms with Crippen LogP contribution < -0.4 is 15.4 Å². The van der Waals surface area contributed by atoms with E-state index in [1.165, 1.54) is 42.6 Å². The van der Waals surface area contributed by atoms with Crippen LogP contribution in [0.25, 0.3) is 0 Å². The summed E-state index contributed by atoms with van der Waals surface area (Å²) in [5.74, 6) is -3.54. The Morgan fingerprint density at radius 2 is 1.31 bits per heavy atom. The average molecular weight is 1210 g/mol. The molecule has 0 bridgehead atoms. The predicted molar refractivity (Wildman–Crippen MR) is 312 cm³/mol. The highest BCUT2D eigenvalue weighted by Crippen LogP contribution is 2.34. The highest BCUT2D eigenvalue weighted by Gasteiger charge is 2.36. The number of thiazole rings is 1. The number of anilines is 1. The summed E-state index contributed by atoms with van der Waals surface area (Å²) in [5, 5.41) is 8.01. The van der Waals surface area contributed by atoms with Gasteiger partial charge in [0.15, 0.2) is 11.9 Å². The molecule has 85 heavy (non-hydrogen) atoms. The Labute approximate surface area is 502 Å². The molecule has 0 fully saturated rings. The second kappa shape index (κ2) is 37.5. The van der Waals surface area contributed by atoms with Crippen molar-refractivity contribution in [2.24, 2.45) is 17.8 Å². The van der Waals surface area contributed by atoms with Gasteiger partial charge in [0.05, 0.1) is 84.5 Å². The van der Waals surface area contributed by atoms with Crippen LogP contribution in [0, 0.1) is 17.8 Å². The van der Waals surface area contributed by atoms with E-state index >= 15 is 0 Å². The Morgan fingerprint density at radius 1 is 0.765 bits per heavy atom. The van der Waals surface area contributed by atoms with E-state index in [-0.39, 0.29) is 144 Å². The summed E-state index contributed by atoms with van der Waals surface area (Å²) < 4.78 is 33.7. The molecule has 2 aliphatic rings. The normalized spacial score (nSPS) is 14.9. The number of aromatic nitrogens is 1. The fraction of sp³-hybridized carbons (Fsp3) is 0.617. The van der Waals surface area contributed by atoms with Gasteiger partial charge in [0, 0.05) is 73.6 Å². The third kappa shape index (κ3) is 24.9. The minimum atomic E-state index is -0.824. The molecule has 0 saturated heterocycles. The Bertz CT molecular complexity index is 2610. The van der Waals surface area contributed by atoms with Crippen LogP contribution >= 0.6 is 11.3 Å². The first-order valence-corrected chi connectivity index (χ1v) is 29.6. The molecule has 5 atom stereocenters. The van der Waals surface area contributed by atoms with Crippen molar-refractivity contribution in [1.82, 2.24) is 29.9 Å². The first-order chi connectivity index (χ1) is 40.4. The van der Waals surface area contributed by atoms with Gasteiger partial charge >= 0.3 is 18.1 Å². The Morgan fingerprint density at radius 3 is 1.81 bits per heavy atom. The van der Waals surface area contributed by atoms with Crippen molar-refractivity contribution >= 4 is 76.5 Å². The number of nitrogens with one attached hydrogen (secondary N) is 2. The van der Waals surface area contributed by atoms with Crippen LogP contribution in [0.15, 0.2) is 47.9 Å². The maximum Gasteiger partial charge on any atom is 0.373 e. The summed E-state index contributed by atoms with van der Waals surface area (Å²) in [6, 6.07) is 4.27. The van der Waals surface area contributed by atoms with Gasteiger partial charge in [-0.05, 0) is 83.2 Å². The van der Waals surface area contributed by atoms with Crippen LogP contribution in [0.4, 0.5) is 5.69 Å². The molecular formula is C60H87N7O17S. The maximum absolute atomic E-state index is 14.4. The fourth-order valence-electron chi connectivity index (χ4n) is 9.10. The summed E-state index contributed by atoms with van der Waals surface area (Å²) in [4.78, 5) is 142. The molecule has 0 spiro atoms. The Balaban J connectivity index is 0.00000617. The van der Waals surface area contributed by atoms with E-state index in [4.69, 9.17) is 43.0 Å². The molecule has 7 amide bonds. The lowest BCUT2D eigenvalue weighted by atomic mass is 9.82. The molecule has 0 aliphatic carbocycles. The van der Waals surface area contributed by atoms with Crippen LogP contribution in [0.2, 0.25) is 0 Å². The van der Waals surface area contributed by atoms with Crippen molar-refractivity contribution in [3.05, 3.63) is 64.1 Å². The molecule has 2 N–H and O–H groups in total. The minimum Gasteiger partial charge on any atom is -0.455 e. The second-order valence-corrected chi connectivity index (χ2v) is 22.7. The Hall–Kier alpha value is -6.86. The van der Waals surface area contributed by atoms with Gasteiger partial charge in [-0.2, -0.15) is 9.59 Å². The molecule has 0 unspecified atom stereocenters. The molecule has 0 saturated carbocycles. The SMILES string of the molecule is CCC[C@H](Cc1ccc(OC(=O)CCOCCOCCN2C(=O)C=CC2=O)c(NC(=O)CCOCCOCCN2C(=O)C=CC2=O)c1)NC(=O)c1csc([C@@H](C[C@H](C(C)C)N(C)C(=O)[C@@H](CCC(C)(C)N(C)C)[C@@H](C)CC)OC(C)=O)n1.O=C=O. The van der Waals surface area contributed by atoms with Crippen LogP contribution in [-0.2, 0) is 78.1 Å². The summed E-state index contributed by atoms with van der Waals surface area (Å²) in [7, 11) is 5.92. The van der Waals surface area contributed by atoms with Gasteiger partial charge < -0.3 is 48.9 Å². The van der Waals surface area contributed by atoms with E-state index < -0.39 is 59.5 Å². The number of nitrogens with zero attached hydrogens (tertiary/aromatic N) is 5. The number of carbonyl (C=O) groups excluding carboxylic acids is 11. The number of esters is 2. The second-order valence-electron chi connectivity index (χ2n) is 21.8. The highest BCUT2D eigenvalue weighted by atomic mass is 32.1. The van der Waals surface area contributed by atoms with Crippen LogP contribution in [-0.4, -0.2) is 189 Å². The van der Waals surface area contributed by atoms with E-state index in [1.54, 1.807) is 23.6 Å². The van der Waals surface area contributed by atoms with Crippen LogP contribution in [0.5, 0.6) is 5.75 Å². The molecule has 3 heterocycles. The zero-order valence-electron chi connectivity index (χ0n) is 51.1. The Kier molecular flexibility index (Phi) is 32.0. The number of hydrogen-bond donors (Lipinski definition) is 2. The van der Waals surface area contributed by atoms with Crippen LogP contribution in [0.3, 0.4) is 0 Å². The molecule has 1 aromatic heterocycles. The van der Waals surface area contributed by atoms with Crippen molar-refractivity contribution in [3.63, 3.8) is 0 Å². The monoisotopic (exact) mass is 1210 g/mol. The van der Waals surface area contributed by atoms with Gasteiger partial charge in [-0.3, -0.25) is 53.0 Å². The molecule has 1 aromatic carbocycles. The summed E-state index contributed by atoms with van der Waals surface area (Å²) in [6.07, 6.45) is 8.32. The molecule has 470 valence electrons. The molecule has 25 heteroatoms. The standard InChI is InChI=1S/C59H87N7O15S.CO2/c1-12-14-43(60-56(74)46-38-82-57(62-46)49(80-41(6)67)37-47(39(3)4)64(11)58(75)44(40(5)13-2)21-24-59(7,8)63(9)10)35-42-15-16-48(81-55(73)23-28-77-32-34-79-30-26-66-53(71)19-20-54(66)72)45(36-42)61-50(68)22-27-76-31-33-78-29-25-65-51(69)17-18-52(65)70;2-1-3/h15-20,36,38-40,43-44,47,49H,12-14,21-35,37H2,1-11H3,(H,60,74)(H,61,68);/t40-,43+,44-,47+,49+;/m0./s1. The average Bonchev–Trinajstić information content (AvgIpc) is 4.33. The van der Waals surface area contributed by atoms with Gasteiger partial charge in [0.1, 0.15) is 10.7 Å². The van der Waals surface area contributed by atoms with Gasteiger partial charge in [-0.15, -0.1) is 11.3 Å². The van der Waals surface area contributed by atoms with E-state index in [1.807, 2.05) is 46.8 Å². The lowest BCUT2D eigenvalue weighted by molar-refractivity contribution is -0.192. The highest BCUT2D eigenvalue weighted by molar-refractivity contribution is 7.09. The molecule has 24 nitrogen and oxygen atoms in total. The van der Waals surface area contributed by atoms with Gasteiger partial charge in [-0.25, -0.2) is 4.98 Å². The largest absolute Gasteiger partial charge is 0.455 e. The van der Waals surface area contributed by atoms with E-state index in [2.05, 4.69) is 43.2 Å². The molecular weight excluding hydrogens is 1120 g/mol. The number of rotatable bonds is 39. The first kappa shape index (κ1) is 72.4. The van der Waals surface area contributed by atoms with Crippen molar-refractivity contribution in [1.29, 1.82) is 0 Å². The third-order valence-corrected chi connectivity index (χ3v) is 15.7. The summed E-state index contributed by atoms with van der Waals surface area (Å²) >= 11 is 1.20. The molecule has 4 rings (SSSR count). The van der Waals surface area contributed by atoms with E-state index in [9.17, 15) is 43.2 Å². The number of benzene rings is 1. The summed E-state index contributed by atoms with van der Waals surface area (Å²) in [5.41, 5.74) is 0.958. The summed E-state index contributed by atoms with van der Waals surface area (Å²) in [6.45, 7) is 17.0. The topological polar surface area (TPSA) is 293 Å². The van der Waals surface area contributed by atoms with Crippen molar-refractivity contribution in [3.8, 4) is 5.75 Å². The van der Waals surface area contributed by atoms with E-state index in [0.717, 1.165) is 29.1 Å². The van der Waals surface area contributed by atoms with Crippen molar-refractivity contribution in [2.75, 3.05) is 92.4 Å². The number of imide groups is 2. The van der Waals surface area contributed by atoms with E-state index in [0.29, 0.717) is 29.8 Å². The number of hydrogen-bond acceptors (Lipinski definition) is 20.